The highest BCUT2D eigenvalue weighted by Crippen LogP contribution is 2.22. The van der Waals surface area contributed by atoms with Crippen LogP contribution in [-0.2, 0) is 6.42 Å². The van der Waals surface area contributed by atoms with Crippen LogP contribution in [0, 0.1) is 6.92 Å². The van der Waals surface area contributed by atoms with Gasteiger partial charge in [0, 0.05) is 35.5 Å². The Morgan fingerprint density at radius 2 is 2.05 bits per heavy atom. The summed E-state index contributed by atoms with van der Waals surface area (Å²) < 4.78 is 0. The number of pyridine rings is 1. The zero-order valence-electron chi connectivity index (χ0n) is 12.1. The Labute approximate surface area is 132 Å². The van der Waals surface area contributed by atoms with Crippen molar-refractivity contribution in [2.24, 2.45) is 0 Å². The van der Waals surface area contributed by atoms with Crippen molar-refractivity contribution in [3.63, 3.8) is 0 Å². The number of hydrogen-bond donors (Lipinski definition) is 1. The molecule has 0 saturated heterocycles. The molecule has 22 heavy (non-hydrogen) atoms. The zero-order chi connectivity index (χ0) is 15.4. The maximum atomic E-state index is 12.1. The van der Waals surface area contributed by atoms with Crippen LogP contribution < -0.4 is 5.32 Å². The molecule has 3 aromatic rings. The van der Waals surface area contributed by atoms with E-state index in [0.717, 1.165) is 11.3 Å². The lowest BCUT2D eigenvalue weighted by Crippen LogP contribution is -2.11. The Balaban J connectivity index is 1.68. The van der Waals surface area contributed by atoms with Gasteiger partial charge in [0.15, 0.2) is 5.13 Å². The molecule has 0 radical (unpaired) electrons. The number of nitrogens with zero attached hydrogens (tertiary/aromatic N) is 2. The number of anilines is 1. The molecule has 0 aliphatic heterocycles. The minimum atomic E-state index is -0.168. The molecule has 2 heterocycles. The molecule has 0 saturated carbocycles. The number of aryl methyl sites for hydroxylation is 1. The molecule has 2 aromatic heterocycles. The highest BCUT2D eigenvalue weighted by molar-refractivity contribution is 7.15. The summed E-state index contributed by atoms with van der Waals surface area (Å²) in [5.74, 6) is -0.168. The first-order valence-electron chi connectivity index (χ1n) is 6.92. The molecule has 1 aromatic carbocycles. The third kappa shape index (κ3) is 3.56. The second kappa shape index (κ2) is 6.49. The van der Waals surface area contributed by atoms with Gasteiger partial charge in [0.1, 0.15) is 0 Å². The maximum absolute atomic E-state index is 12.1. The number of benzene rings is 1. The van der Waals surface area contributed by atoms with E-state index in [2.05, 4.69) is 46.5 Å². The predicted molar refractivity (Wildman–Crippen MR) is 88.3 cm³/mol. The van der Waals surface area contributed by atoms with Crippen molar-refractivity contribution < 1.29 is 4.79 Å². The van der Waals surface area contributed by atoms with Crippen molar-refractivity contribution in [3.8, 4) is 0 Å². The number of carbonyl (C=O) groups is 1. The minimum absolute atomic E-state index is 0.168. The first-order valence-corrected chi connectivity index (χ1v) is 7.74. The van der Waals surface area contributed by atoms with Gasteiger partial charge in [-0.25, -0.2) is 4.98 Å². The van der Waals surface area contributed by atoms with Crippen LogP contribution in [-0.4, -0.2) is 15.9 Å². The van der Waals surface area contributed by atoms with Crippen LogP contribution in [0.25, 0.3) is 0 Å². The molecule has 3 rings (SSSR count). The largest absolute Gasteiger partial charge is 0.298 e. The monoisotopic (exact) mass is 309 g/mol. The minimum Gasteiger partial charge on any atom is -0.298 e. The molecule has 0 unspecified atom stereocenters. The smallest absolute Gasteiger partial charge is 0.257 e. The van der Waals surface area contributed by atoms with E-state index in [0.29, 0.717) is 10.7 Å². The van der Waals surface area contributed by atoms with Gasteiger partial charge in [0.2, 0.25) is 0 Å². The van der Waals surface area contributed by atoms with Crippen LogP contribution in [0.1, 0.15) is 26.4 Å². The van der Waals surface area contributed by atoms with Crippen LogP contribution in [0.2, 0.25) is 0 Å². The first-order chi connectivity index (χ1) is 10.7. The van der Waals surface area contributed by atoms with Gasteiger partial charge in [0.25, 0.3) is 5.91 Å². The van der Waals surface area contributed by atoms with Gasteiger partial charge in [-0.05, 0) is 24.6 Å². The number of aromatic nitrogens is 2. The zero-order valence-corrected chi connectivity index (χ0v) is 12.9. The summed E-state index contributed by atoms with van der Waals surface area (Å²) in [7, 11) is 0. The topological polar surface area (TPSA) is 54.9 Å². The third-order valence-corrected chi connectivity index (χ3v) is 4.09. The average Bonchev–Trinajstić information content (AvgIpc) is 2.95. The number of thiazole rings is 1. The lowest BCUT2D eigenvalue weighted by molar-refractivity contribution is 0.102. The molecule has 4 nitrogen and oxygen atoms in total. The Bertz CT molecular complexity index is 783. The van der Waals surface area contributed by atoms with Gasteiger partial charge >= 0.3 is 0 Å². The first kappa shape index (κ1) is 14.4. The van der Waals surface area contributed by atoms with Gasteiger partial charge < -0.3 is 0 Å². The Hall–Kier alpha value is -2.53. The summed E-state index contributed by atoms with van der Waals surface area (Å²) >= 11 is 1.50. The number of nitrogens with one attached hydrogen (secondary N) is 1. The van der Waals surface area contributed by atoms with Gasteiger partial charge in [-0.1, -0.05) is 29.8 Å². The van der Waals surface area contributed by atoms with E-state index in [9.17, 15) is 4.79 Å². The molecule has 110 valence electrons. The van der Waals surface area contributed by atoms with Gasteiger partial charge in [0.05, 0.1) is 0 Å². The van der Waals surface area contributed by atoms with Crippen LogP contribution in [0.3, 0.4) is 0 Å². The van der Waals surface area contributed by atoms with Crippen LogP contribution in [0.15, 0.2) is 55.0 Å². The van der Waals surface area contributed by atoms with Crippen molar-refractivity contribution >= 4 is 22.4 Å². The third-order valence-electron chi connectivity index (χ3n) is 3.18. The van der Waals surface area contributed by atoms with E-state index in [-0.39, 0.29) is 5.91 Å². The summed E-state index contributed by atoms with van der Waals surface area (Å²) in [5, 5.41) is 3.43. The molecule has 5 heteroatoms. The van der Waals surface area contributed by atoms with Crippen molar-refractivity contribution in [2.45, 2.75) is 13.3 Å². The molecule has 0 fully saturated rings. The van der Waals surface area contributed by atoms with Gasteiger partial charge in [-0.2, -0.15) is 0 Å². The van der Waals surface area contributed by atoms with E-state index >= 15 is 0 Å². The summed E-state index contributed by atoms with van der Waals surface area (Å²) in [6.07, 6.45) is 5.83. The van der Waals surface area contributed by atoms with Crippen LogP contribution in [0.4, 0.5) is 5.13 Å². The standard InChI is InChI=1S/C17H15N3OS/c1-12-3-2-4-13(9-12)10-15-11-19-17(22-15)20-16(21)14-5-7-18-8-6-14/h2-9,11H,10H2,1H3,(H,19,20,21). The fourth-order valence-corrected chi connectivity index (χ4v) is 2.98. The van der Waals surface area contributed by atoms with Crippen molar-refractivity contribution in [1.29, 1.82) is 0 Å². The van der Waals surface area contributed by atoms with Crippen molar-refractivity contribution in [2.75, 3.05) is 5.32 Å². The molecule has 0 aliphatic rings. The Morgan fingerprint density at radius 1 is 1.23 bits per heavy atom. The lowest BCUT2D eigenvalue weighted by Gasteiger charge is -2.01. The number of hydrogen-bond acceptors (Lipinski definition) is 4. The number of rotatable bonds is 4. The lowest BCUT2D eigenvalue weighted by atomic mass is 10.1. The summed E-state index contributed by atoms with van der Waals surface area (Å²) in [5.41, 5.74) is 3.06. The SMILES string of the molecule is Cc1cccc(Cc2cnc(NC(=O)c3ccncc3)s2)c1. The second-order valence-corrected chi connectivity index (χ2v) is 6.10. The number of carbonyl (C=O) groups excluding carboxylic acids is 1. The second-order valence-electron chi connectivity index (χ2n) is 4.99. The molecular weight excluding hydrogens is 294 g/mol. The average molecular weight is 309 g/mol. The van der Waals surface area contributed by atoms with Crippen LogP contribution in [0.5, 0.6) is 0 Å². The highest BCUT2D eigenvalue weighted by atomic mass is 32.1. The Morgan fingerprint density at radius 3 is 2.82 bits per heavy atom. The summed E-state index contributed by atoms with van der Waals surface area (Å²) in [4.78, 5) is 21.3. The number of amides is 1. The van der Waals surface area contributed by atoms with Crippen molar-refractivity contribution in [3.05, 3.63) is 76.6 Å². The van der Waals surface area contributed by atoms with Crippen LogP contribution >= 0.6 is 11.3 Å². The molecule has 0 atom stereocenters. The normalized spacial score (nSPS) is 10.4. The molecule has 1 amide bonds. The van der Waals surface area contributed by atoms with E-state index in [4.69, 9.17) is 0 Å². The van der Waals surface area contributed by atoms with E-state index in [1.165, 1.54) is 22.5 Å². The van der Waals surface area contributed by atoms with E-state index in [1.807, 2.05) is 6.20 Å². The van der Waals surface area contributed by atoms with E-state index in [1.54, 1.807) is 24.5 Å². The molecule has 0 spiro atoms. The van der Waals surface area contributed by atoms with Gasteiger partial charge in [-0.15, -0.1) is 11.3 Å². The summed E-state index contributed by atoms with van der Waals surface area (Å²) in [6, 6.07) is 11.7. The quantitative estimate of drug-likeness (QED) is 0.799. The highest BCUT2D eigenvalue weighted by Gasteiger charge is 2.09. The molecule has 0 bridgehead atoms. The Kier molecular flexibility index (Phi) is 4.25. The molecule has 0 aliphatic carbocycles. The van der Waals surface area contributed by atoms with Gasteiger partial charge in [-0.3, -0.25) is 15.1 Å². The maximum Gasteiger partial charge on any atom is 0.257 e. The molecule has 1 N–H and O–H groups in total. The van der Waals surface area contributed by atoms with E-state index < -0.39 is 0 Å². The fraction of sp³-hybridized carbons (Fsp3) is 0.118. The fourth-order valence-electron chi connectivity index (χ4n) is 2.14. The van der Waals surface area contributed by atoms with Crippen molar-refractivity contribution in [1.82, 2.24) is 9.97 Å². The predicted octanol–water partition coefficient (Wildman–Crippen LogP) is 3.69. The summed E-state index contributed by atoms with van der Waals surface area (Å²) in [6.45, 7) is 2.08. The molecular formula is C17H15N3OS.